The van der Waals surface area contributed by atoms with Gasteiger partial charge >= 0.3 is 0 Å². The summed E-state index contributed by atoms with van der Waals surface area (Å²) in [6.07, 6.45) is 6.39. The molecule has 0 aliphatic heterocycles. The normalized spacial score (nSPS) is 17.2. The van der Waals surface area contributed by atoms with Crippen molar-refractivity contribution in [3.63, 3.8) is 0 Å². The third-order valence-electron chi connectivity index (χ3n) is 3.84. The van der Waals surface area contributed by atoms with Gasteiger partial charge in [0.2, 0.25) is 0 Å². The van der Waals surface area contributed by atoms with E-state index < -0.39 is 0 Å². The van der Waals surface area contributed by atoms with Crippen molar-refractivity contribution in [1.29, 1.82) is 0 Å². The van der Waals surface area contributed by atoms with Gasteiger partial charge in [-0.1, -0.05) is 13.3 Å². The van der Waals surface area contributed by atoms with Crippen molar-refractivity contribution in [3.05, 3.63) is 23.9 Å². The Labute approximate surface area is 102 Å². The highest BCUT2D eigenvalue weighted by Gasteiger charge is 2.35. The lowest BCUT2D eigenvalue weighted by atomic mass is 9.67. The number of nitrogens with zero attached hydrogens (tertiary/aromatic N) is 1. The first-order valence-electron chi connectivity index (χ1n) is 6.15. The number of nitrogens with two attached hydrogens (primary N) is 1. The van der Waals surface area contributed by atoms with Gasteiger partial charge in [-0.05, 0) is 36.8 Å². The Hall–Kier alpha value is -1.58. The van der Waals surface area contributed by atoms with E-state index in [-0.39, 0.29) is 5.91 Å². The number of hydrogen-bond donors (Lipinski definition) is 2. The van der Waals surface area contributed by atoms with Gasteiger partial charge < -0.3 is 11.1 Å². The van der Waals surface area contributed by atoms with Crippen LogP contribution in [0.2, 0.25) is 0 Å². The lowest BCUT2D eigenvalue weighted by molar-refractivity contribution is 0.0850. The predicted molar refractivity (Wildman–Crippen MR) is 67.6 cm³/mol. The number of anilines is 1. The second-order valence-corrected chi connectivity index (χ2v) is 4.86. The fourth-order valence-electron chi connectivity index (χ4n) is 2.24. The van der Waals surface area contributed by atoms with E-state index in [2.05, 4.69) is 17.2 Å². The molecule has 17 heavy (non-hydrogen) atoms. The second-order valence-electron chi connectivity index (χ2n) is 4.86. The molecule has 1 aliphatic rings. The molecule has 1 aliphatic carbocycles. The molecule has 1 aromatic rings. The summed E-state index contributed by atoms with van der Waals surface area (Å²) in [5.41, 5.74) is 6.40. The molecule has 1 fully saturated rings. The van der Waals surface area contributed by atoms with Gasteiger partial charge in [-0.2, -0.15) is 0 Å². The minimum atomic E-state index is -0.0581. The van der Waals surface area contributed by atoms with Crippen LogP contribution >= 0.6 is 0 Å². The maximum atomic E-state index is 11.9. The molecule has 1 amide bonds. The number of nitrogens with one attached hydrogen (secondary N) is 1. The third kappa shape index (κ3) is 2.57. The molecular weight excluding hydrogens is 214 g/mol. The van der Waals surface area contributed by atoms with Crippen LogP contribution < -0.4 is 11.1 Å². The van der Waals surface area contributed by atoms with Crippen molar-refractivity contribution < 1.29 is 4.79 Å². The minimum Gasteiger partial charge on any atom is -0.384 e. The van der Waals surface area contributed by atoms with Gasteiger partial charge in [0.15, 0.2) is 0 Å². The van der Waals surface area contributed by atoms with Crippen molar-refractivity contribution in [3.8, 4) is 0 Å². The fraction of sp³-hybridized carbons (Fsp3) is 0.538. The topological polar surface area (TPSA) is 68.0 Å². The Morgan fingerprint density at radius 1 is 1.53 bits per heavy atom. The van der Waals surface area contributed by atoms with Crippen LogP contribution in [0.1, 0.15) is 43.0 Å². The predicted octanol–water partition coefficient (Wildman–Crippen LogP) is 1.97. The number of nitrogen functional groups attached to an aromatic ring is 1. The highest BCUT2D eigenvalue weighted by atomic mass is 16.1. The summed E-state index contributed by atoms with van der Waals surface area (Å²) in [5.74, 6) is 0.378. The summed E-state index contributed by atoms with van der Waals surface area (Å²) < 4.78 is 0. The van der Waals surface area contributed by atoms with E-state index in [9.17, 15) is 4.79 Å². The standard InChI is InChI=1S/C13H19N3O/c1-2-13(6-3-7-13)9-16-12(17)10-4-5-11(14)15-8-10/h4-5,8H,2-3,6-7,9H2,1H3,(H2,14,15)(H,16,17). The molecule has 1 heterocycles. The smallest absolute Gasteiger partial charge is 0.252 e. The first kappa shape index (κ1) is 11.9. The van der Waals surface area contributed by atoms with Gasteiger partial charge in [0.25, 0.3) is 5.91 Å². The number of pyridine rings is 1. The summed E-state index contributed by atoms with van der Waals surface area (Å²) in [7, 11) is 0. The molecule has 4 heteroatoms. The molecule has 92 valence electrons. The molecule has 0 bridgehead atoms. The minimum absolute atomic E-state index is 0.0581. The second kappa shape index (κ2) is 4.73. The van der Waals surface area contributed by atoms with Crippen LogP contribution in [0.5, 0.6) is 0 Å². The number of carbonyl (C=O) groups is 1. The van der Waals surface area contributed by atoms with Crippen molar-refractivity contribution in [1.82, 2.24) is 10.3 Å². The summed E-state index contributed by atoms with van der Waals surface area (Å²) >= 11 is 0. The van der Waals surface area contributed by atoms with Crippen LogP contribution in [-0.4, -0.2) is 17.4 Å². The summed E-state index contributed by atoms with van der Waals surface area (Å²) in [6.45, 7) is 2.96. The molecule has 0 unspecified atom stereocenters. The zero-order chi connectivity index (χ0) is 12.3. The van der Waals surface area contributed by atoms with Crippen LogP contribution in [0.3, 0.4) is 0 Å². The zero-order valence-electron chi connectivity index (χ0n) is 10.2. The van der Waals surface area contributed by atoms with Crippen LogP contribution in [0.25, 0.3) is 0 Å². The zero-order valence-corrected chi connectivity index (χ0v) is 10.2. The van der Waals surface area contributed by atoms with Crippen LogP contribution in [0.15, 0.2) is 18.3 Å². The first-order valence-corrected chi connectivity index (χ1v) is 6.15. The quantitative estimate of drug-likeness (QED) is 0.835. The maximum Gasteiger partial charge on any atom is 0.252 e. The van der Waals surface area contributed by atoms with Gasteiger partial charge in [-0.25, -0.2) is 4.98 Å². The van der Waals surface area contributed by atoms with E-state index in [1.807, 2.05) is 0 Å². The molecule has 1 aromatic heterocycles. The van der Waals surface area contributed by atoms with E-state index >= 15 is 0 Å². The Bertz CT molecular complexity index is 390. The van der Waals surface area contributed by atoms with E-state index in [0.29, 0.717) is 16.8 Å². The molecule has 0 saturated heterocycles. The van der Waals surface area contributed by atoms with Crippen molar-refractivity contribution in [2.45, 2.75) is 32.6 Å². The SMILES string of the molecule is CCC1(CNC(=O)c2ccc(N)nc2)CCC1. The number of hydrogen-bond acceptors (Lipinski definition) is 3. The van der Waals surface area contributed by atoms with Gasteiger partial charge in [0.1, 0.15) is 5.82 Å². The number of aromatic nitrogens is 1. The van der Waals surface area contributed by atoms with Crippen LogP contribution in [0, 0.1) is 5.41 Å². The highest BCUT2D eigenvalue weighted by Crippen LogP contribution is 2.43. The lowest BCUT2D eigenvalue weighted by Crippen LogP contribution is -2.41. The average molecular weight is 233 g/mol. The van der Waals surface area contributed by atoms with Crippen LogP contribution in [-0.2, 0) is 0 Å². The molecule has 0 radical (unpaired) electrons. The maximum absolute atomic E-state index is 11.9. The van der Waals surface area contributed by atoms with Crippen molar-refractivity contribution in [2.24, 2.45) is 5.41 Å². The van der Waals surface area contributed by atoms with Crippen molar-refractivity contribution in [2.75, 3.05) is 12.3 Å². The Balaban J connectivity index is 1.91. The van der Waals surface area contributed by atoms with Gasteiger partial charge in [-0.3, -0.25) is 4.79 Å². The molecule has 0 aromatic carbocycles. The average Bonchev–Trinajstić information content (AvgIpc) is 2.29. The largest absolute Gasteiger partial charge is 0.384 e. The molecule has 2 rings (SSSR count). The lowest BCUT2D eigenvalue weighted by Gasteiger charge is -2.41. The molecular formula is C13H19N3O. The summed E-state index contributed by atoms with van der Waals surface area (Å²) in [4.78, 5) is 15.8. The fourth-order valence-corrected chi connectivity index (χ4v) is 2.24. The number of amides is 1. The molecule has 3 N–H and O–H groups in total. The monoisotopic (exact) mass is 233 g/mol. The van der Waals surface area contributed by atoms with E-state index in [4.69, 9.17) is 5.73 Å². The van der Waals surface area contributed by atoms with Gasteiger partial charge in [-0.15, -0.1) is 0 Å². The van der Waals surface area contributed by atoms with Crippen LogP contribution in [0.4, 0.5) is 5.82 Å². The van der Waals surface area contributed by atoms with E-state index in [1.165, 1.54) is 25.5 Å². The number of rotatable bonds is 4. The Kier molecular flexibility index (Phi) is 3.31. The molecule has 0 spiro atoms. The molecule has 0 atom stereocenters. The van der Waals surface area contributed by atoms with Crippen molar-refractivity contribution >= 4 is 11.7 Å². The van der Waals surface area contributed by atoms with Gasteiger partial charge in [0.05, 0.1) is 5.56 Å². The Morgan fingerprint density at radius 3 is 2.76 bits per heavy atom. The molecule has 4 nitrogen and oxygen atoms in total. The van der Waals surface area contributed by atoms with E-state index in [1.54, 1.807) is 12.1 Å². The molecule has 1 saturated carbocycles. The summed E-state index contributed by atoms with van der Waals surface area (Å²) in [6, 6.07) is 3.35. The van der Waals surface area contributed by atoms with E-state index in [0.717, 1.165) is 13.0 Å². The van der Waals surface area contributed by atoms with Gasteiger partial charge in [0, 0.05) is 12.7 Å². The summed E-state index contributed by atoms with van der Waals surface area (Å²) in [5, 5.41) is 2.99. The Morgan fingerprint density at radius 2 is 2.29 bits per heavy atom. The number of carbonyl (C=O) groups excluding carboxylic acids is 1. The third-order valence-corrected chi connectivity index (χ3v) is 3.84. The first-order chi connectivity index (χ1) is 8.15. The highest BCUT2D eigenvalue weighted by molar-refractivity contribution is 5.94.